The monoisotopic (exact) mass is 612 g/mol. The topological polar surface area (TPSA) is 52.6 Å². The van der Waals surface area contributed by atoms with Crippen LogP contribution in [0.2, 0.25) is 52.4 Å². The Morgan fingerprint density at radius 1 is 0.553 bits per heavy atom. The van der Waals surface area contributed by atoms with Gasteiger partial charge in [-0.05, 0) is 35.4 Å². The second-order valence-electron chi connectivity index (χ2n) is 12.8. The summed E-state index contributed by atoms with van der Waals surface area (Å²) >= 11 is 0. The molecular formula is C28H44O4Si6. The third kappa shape index (κ3) is 5.56. The minimum Gasteiger partial charge on any atom is -0.465 e. The summed E-state index contributed by atoms with van der Waals surface area (Å²) in [6, 6.07) is 15.7. The molecule has 38 heavy (non-hydrogen) atoms. The van der Waals surface area contributed by atoms with Crippen molar-refractivity contribution in [3.05, 3.63) is 82.2 Å². The number of esters is 2. The molecule has 4 nitrogen and oxygen atoms in total. The first-order chi connectivity index (χ1) is 17.6. The first kappa shape index (κ1) is 30.7. The summed E-state index contributed by atoms with van der Waals surface area (Å²) in [5, 5.41) is 0. The number of methoxy groups -OCH3 is 2. The highest BCUT2D eigenvalue weighted by molar-refractivity contribution is 8.09. The fourth-order valence-corrected chi connectivity index (χ4v) is 233. The predicted octanol–water partition coefficient (Wildman–Crippen LogP) is 5.84. The lowest BCUT2D eigenvalue weighted by molar-refractivity contribution is 0.0592. The van der Waals surface area contributed by atoms with E-state index in [2.05, 4.69) is 100 Å². The zero-order chi connectivity index (χ0) is 28.5. The molecule has 0 unspecified atom stereocenters. The maximum absolute atomic E-state index is 11.8. The molecule has 3 rings (SSSR count). The van der Waals surface area contributed by atoms with E-state index in [1.807, 2.05) is 24.3 Å². The van der Waals surface area contributed by atoms with E-state index in [1.165, 1.54) is 25.3 Å². The van der Waals surface area contributed by atoms with Gasteiger partial charge < -0.3 is 9.47 Å². The molecule has 10 heteroatoms. The van der Waals surface area contributed by atoms with Crippen LogP contribution in [0.1, 0.15) is 31.8 Å². The quantitative estimate of drug-likeness (QED) is 0.304. The third-order valence-corrected chi connectivity index (χ3v) is 145. The summed E-state index contributed by atoms with van der Waals surface area (Å²) in [5.41, 5.74) is 9.05. The van der Waals surface area contributed by atoms with Crippen LogP contribution in [0.15, 0.2) is 59.9 Å². The Morgan fingerprint density at radius 3 is 1.05 bits per heavy atom. The first-order valence-corrected chi connectivity index (χ1v) is 35.9. The Balaban J connectivity index is 1.95. The molecule has 1 heterocycles. The van der Waals surface area contributed by atoms with E-state index >= 15 is 0 Å². The molecule has 0 atom stereocenters. The Hall–Kier alpha value is -1.84. The van der Waals surface area contributed by atoms with Crippen molar-refractivity contribution in [2.24, 2.45) is 0 Å². The highest BCUT2D eigenvalue weighted by Crippen LogP contribution is 2.42. The van der Waals surface area contributed by atoms with Gasteiger partial charge in [-0.2, -0.15) is 0 Å². The molecule has 2 aromatic carbocycles. The Bertz CT molecular complexity index is 1110. The maximum atomic E-state index is 11.8. The zero-order valence-corrected chi connectivity index (χ0v) is 31.0. The molecule has 0 spiro atoms. The smallest absolute Gasteiger partial charge is 0.337 e. The molecule has 1 saturated heterocycles. The lowest BCUT2D eigenvalue weighted by Gasteiger charge is -2.64. The molecule has 0 N–H and O–H groups in total. The van der Waals surface area contributed by atoms with E-state index in [0.717, 1.165) is 0 Å². The van der Waals surface area contributed by atoms with E-state index < -0.39 is 44.1 Å². The molecule has 1 fully saturated rings. The highest BCUT2D eigenvalue weighted by Gasteiger charge is 2.67. The average molecular weight is 613 g/mol. The van der Waals surface area contributed by atoms with Crippen molar-refractivity contribution in [3.63, 3.8) is 0 Å². The fraction of sp³-hybridized carbons (Fsp3) is 0.357. The normalized spacial score (nSPS) is 23.3. The molecule has 0 saturated carbocycles. The van der Waals surface area contributed by atoms with Gasteiger partial charge in [0, 0.05) is 44.1 Å². The Labute approximate surface area is 235 Å². The van der Waals surface area contributed by atoms with Crippen LogP contribution in [0, 0.1) is 0 Å². The van der Waals surface area contributed by atoms with Crippen molar-refractivity contribution in [3.8, 4) is 0 Å². The summed E-state index contributed by atoms with van der Waals surface area (Å²) in [5.74, 6) is -0.568. The second-order valence-corrected chi connectivity index (χ2v) is 79.9. The Morgan fingerprint density at radius 2 is 0.816 bits per heavy atom. The summed E-state index contributed by atoms with van der Waals surface area (Å²) < 4.78 is 9.72. The van der Waals surface area contributed by atoms with Crippen LogP contribution < -0.4 is 0 Å². The zero-order valence-electron chi connectivity index (χ0n) is 24.7. The number of carbonyl (C=O) groups excluding carboxylic acids is 2. The van der Waals surface area contributed by atoms with Gasteiger partial charge in [-0.3, -0.25) is 0 Å². The van der Waals surface area contributed by atoms with Crippen molar-refractivity contribution in [1.29, 1.82) is 0 Å². The number of carbonyl (C=O) groups is 2. The summed E-state index contributed by atoms with van der Waals surface area (Å²) in [6.45, 7) is 22.0. The molecule has 0 aromatic heterocycles. The Kier molecular flexibility index (Phi) is 9.16. The number of ether oxygens (including phenoxy) is 2. The van der Waals surface area contributed by atoms with E-state index in [-0.39, 0.29) is 11.9 Å². The summed E-state index contributed by atoms with van der Waals surface area (Å²) in [4.78, 5) is 23.7. The van der Waals surface area contributed by atoms with Crippen LogP contribution in [0.25, 0.3) is 12.2 Å². The number of rotatable bonds is 6. The predicted molar refractivity (Wildman–Crippen MR) is 178 cm³/mol. The lowest BCUT2D eigenvalue weighted by Crippen LogP contribution is -2.92. The van der Waals surface area contributed by atoms with Gasteiger partial charge in [0.15, 0.2) is 0 Å². The molecule has 0 radical (unpaired) electrons. The van der Waals surface area contributed by atoms with Crippen molar-refractivity contribution in [1.82, 2.24) is 0 Å². The van der Waals surface area contributed by atoms with Gasteiger partial charge in [-0.25, -0.2) is 9.59 Å². The van der Waals surface area contributed by atoms with Crippen LogP contribution in [-0.4, -0.2) is 70.3 Å². The molecular weight excluding hydrogens is 569 g/mol. The minimum atomic E-state index is -1.43. The van der Waals surface area contributed by atoms with Gasteiger partial charge in [-0.1, -0.05) is 88.8 Å². The number of hydrogen-bond donors (Lipinski definition) is 0. The molecule has 0 bridgehead atoms. The first-order valence-electron chi connectivity index (χ1n) is 13.3. The second kappa shape index (κ2) is 11.3. The van der Waals surface area contributed by atoms with Crippen LogP contribution in [0.5, 0.6) is 0 Å². The maximum Gasteiger partial charge on any atom is 0.337 e. The molecule has 0 aliphatic carbocycles. The SMILES string of the molecule is COC(=O)c1ccc(/C=C/[SiH]2[Si](C)(C)[Si](C)(C)[SiH](/C=C/c3ccc(C(=O)OC)cc3)[Si](C)(C)[Si]2(C)C)cc1. The molecule has 204 valence electrons. The van der Waals surface area contributed by atoms with E-state index in [4.69, 9.17) is 9.47 Å². The third-order valence-electron chi connectivity index (χ3n) is 10.1. The van der Waals surface area contributed by atoms with E-state index in [0.29, 0.717) is 11.1 Å². The minimum absolute atomic E-state index is 0.284. The van der Waals surface area contributed by atoms with E-state index in [1.54, 1.807) is 0 Å². The molecule has 1 aliphatic rings. The van der Waals surface area contributed by atoms with Crippen LogP contribution >= 0.6 is 0 Å². The van der Waals surface area contributed by atoms with Crippen molar-refractivity contribution >= 4 is 68.2 Å². The summed E-state index contributed by atoms with van der Waals surface area (Å²) in [6.07, 6.45) is 4.77. The van der Waals surface area contributed by atoms with E-state index in [9.17, 15) is 9.59 Å². The molecule has 1 aliphatic heterocycles. The van der Waals surface area contributed by atoms with Crippen molar-refractivity contribution in [2.45, 2.75) is 52.4 Å². The number of hydrogen-bond acceptors (Lipinski definition) is 4. The van der Waals surface area contributed by atoms with Crippen molar-refractivity contribution in [2.75, 3.05) is 14.2 Å². The van der Waals surface area contributed by atoms with Gasteiger partial charge in [0.2, 0.25) is 0 Å². The van der Waals surface area contributed by atoms with Gasteiger partial charge in [0.25, 0.3) is 0 Å². The van der Waals surface area contributed by atoms with Gasteiger partial charge in [0.1, 0.15) is 0 Å². The largest absolute Gasteiger partial charge is 0.465 e. The standard InChI is InChI=1S/C28H44O4Si6/c1-31-27(29)25-15-11-23(12-16-25)19-21-33-35(3,4)37(7,8)34(38(9,10)36(33,5)6)22-20-24-13-17-26(18-14-24)28(30)32-2/h11-22,33-34H,1-10H3/b21-19+,22-20+. The highest BCUT2D eigenvalue weighted by atomic mass is 30.2. The van der Waals surface area contributed by atoms with Crippen molar-refractivity contribution < 1.29 is 19.1 Å². The average Bonchev–Trinajstić information content (AvgIpc) is 2.87. The molecule has 0 amide bonds. The lowest BCUT2D eigenvalue weighted by atomic mass is 10.1. The fourth-order valence-electron chi connectivity index (χ4n) is 6.48. The van der Waals surface area contributed by atoms with Crippen LogP contribution in [0.4, 0.5) is 0 Å². The summed E-state index contributed by atoms with van der Waals surface area (Å²) in [7, 11) is -5.03. The van der Waals surface area contributed by atoms with Gasteiger partial charge in [0.05, 0.1) is 25.3 Å². The molecule has 2 aromatic rings. The van der Waals surface area contributed by atoms with Crippen LogP contribution in [-0.2, 0) is 9.47 Å². The van der Waals surface area contributed by atoms with Crippen LogP contribution in [0.3, 0.4) is 0 Å². The van der Waals surface area contributed by atoms with Gasteiger partial charge in [-0.15, -0.1) is 11.4 Å². The number of benzene rings is 2. The van der Waals surface area contributed by atoms with Gasteiger partial charge >= 0.3 is 11.9 Å².